The zero-order valence-corrected chi connectivity index (χ0v) is 23.7. The van der Waals surface area contributed by atoms with Crippen LogP contribution in [0, 0.1) is 13.8 Å². The number of alkyl halides is 3. The molecule has 0 aliphatic carbocycles. The number of carbonyl (C=O) groups is 1. The molecule has 8 nitrogen and oxygen atoms in total. The SMILES string of the molecule is CCC(CC)c1cc(C)nc2c(-c3sc(N4CC[C@H](NC(=O)OC(C)(C)C)C4)nc3C(F)(F)F)c(C)nn12. The number of carbonyl (C=O) groups excluding carboxylic acids is 1. The van der Waals surface area contributed by atoms with Crippen molar-refractivity contribution in [2.75, 3.05) is 18.0 Å². The minimum atomic E-state index is -4.65. The van der Waals surface area contributed by atoms with Crippen molar-refractivity contribution in [1.82, 2.24) is 24.9 Å². The van der Waals surface area contributed by atoms with Gasteiger partial charge in [-0.2, -0.15) is 18.3 Å². The van der Waals surface area contributed by atoms with E-state index in [1.165, 1.54) is 0 Å². The largest absolute Gasteiger partial charge is 0.444 e. The summed E-state index contributed by atoms with van der Waals surface area (Å²) in [6.07, 6.45) is -2.85. The highest BCUT2D eigenvalue weighted by Crippen LogP contribution is 2.46. The van der Waals surface area contributed by atoms with Gasteiger partial charge in [0.2, 0.25) is 0 Å². The van der Waals surface area contributed by atoms with Crippen LogP contribution in [0.3, 0.4) is 0 Å². The summed E-state index contributed by atoms with van der Waals surface area (Å²) in [6, 6.07) is 1.71. The third-order valence-corrected chi connectivity index (χ3v) is 7.75. The molecule has 1 aliphatic heterocycles. The van der Waals surface area contributed by atoms with Gasteiger partial charge < -0.3 is 15.0 Å². The van der Waals surface area contributed by atoms with E-state index in [2.05, 4.69) is 34.2 Å². The maximum absolute atomic E-state index is 14.3. The second-order valence-electron chi connectivity index (χ2n) is 10.8. The van der Waals surface area contributed by atoms with Gasteiger partial charge in [-0.05, 0) is 59.9 Å². The molecule has 0 radical (unpaired) electrons. The summed E-state index contributed by atoms with van der Waals surface area (Å²) in [5, 5.41) is 7.71. The second kappa shape index (κ2) is 10.3. The molecule has 1 fully saturated rings. The minimum Gasteiger partial charge on any atom is -0.444 e. The van der Waals surface area contributed by atoms with Crippen LogP contribution in [0.5, 0.6) is 0 Å². The topological polar surface area (TPSA) is 84.7 Å². The average Bonchev–Trinajstić information content (AvgIpc) is 3.49. The molecule has 1 saturated heterocycles. The monoisotopic (exact) mass is 552 g/mol. The maximum atomic E-state index is 14.3. The van der Waals surface area contributed by atoms with E-state index in [0.29, 0.717) is 36.4 Å². The fourth-order valence-electron chi connectivity index (χ4n) is 4.87. The molecule has 3 aromatic rings. The van der Waals surface area contributed by atoms with Gasteiger partial charge in [0, 0.05) is 30.4 Å². The minimum absolute atomic E-state index is 0.0112. The molecular formula is C26H35F3N6O2S. The van der Waals surface area contributed by atoms with Crippen molar-refractivity contribution in [3.63, 3.8) is 0 Å². The number of amides is 1. The van der Waals surface area contributed by atoms with Crippen LogP contribution >= 0.6 is 11.3 Å². The highest BCUT2D eigenvalue weighted by atomic mass is 32.1. The molecule has 0 unspecified atom stereocenters. The zero-order chi connectivity index (χ0) is 28.0. The van der Waals surface area contributed by atoms with E-state index in [9.17, 15) is 18.0 Å². The Morgan fingerprint density at radius 2 is 1.89 bits per heavy atom. The molecule has 0 aromatic carbocycles. The quantitative estimate of drug-likeness (QED) is 0.376. The highest BCUT2D eigenvalue weighted by Gasteiger charge is 2.41. The third kappa shape index (κ3) is 5.74. The maximum Gasteiger partial charge on any atom is 0.434 e. The summed E-state index contributed by atoms with van der Waals surface area (Å²) in [6.45, 7) is 13.9. The number of anilines is 1. The molecule has 1 atom stereocenters. The fourth-order valence-corrected chi connectivity index (χ4v) is 6.08. The van der Waals surface area contributed by atoms with Crippen molar-refractivity contribution in [2.24, 2.45) is 0 Å². The number of aromatic nitrogens is 4. The lowest BCUT2D eigenvalue weighted by Crippen LogP contribution is -2.40. The first kappa shape index (κ1) is 28.1. The number of ether oxygens (including phenoxy) is 1. The van der Waals surface area contributed by atoms with E-state index in [1.54, 1.807) is 37.1 Å². The van der Waals surface area contributed by atoms with Gasteiger partial charge in [-0.1, -0.05) is 25.2 Å². The third-order valence-electron chi connectivity index (χ3n) is 6.61. The summed E-state index contributed by atoms with van der Waals surface area (Å²) in [4.78, 5) is 22.7. The number of nitrogens with zero attached hydrogens (tertiary/aromatic N) is 5. The molecule has 12 heteroatoms. The first-order valence-corrected chi connectivity index (χ1v) is 13.7. The van der Waals surface area contributed by atoms with E-state index >= 15 is 0 Å². The molecule has 38 heavy (non-hydrogen) atoms. The van der Waals surface area contributed by atoms with E-state index < -0.39 is 23.6 Å². The van der Waals surface area contributed by atoms with Gasteiger partial charge in [-0.3, -0.25) is 0 Å². The van der Waals surface area contributed by atoms with Gasteiger partial charge in [0.1, 0.15) is 5.60 Å². The summed E-state index contributed by atoms with van der Waals surface area (Å²) in [7, 11) is 0. The van der Waals surface area contributed by atoms with E-state index in [-0.39, 0.29) is 22.0 Å². The van der Waals surface area contributed by atoms with Crippen LogP contribution in [0.25, 0.3) is 16.1 Å². The summed E-state index contributed by atoms with van der Waals surface area (Å²) >= 11 is 0.990. The number of nitrogens with one attached hydrogen (secondary N) is 1. The normalized spacial score (nSPS) is 16.6. The van der Waals surface area contributed by atoms with Crippen LogP contribution in [0.15, 0.2) is 6.07 Å². The summed E-state index contributed by atoms with van der Waals surface area (Å²) < 4.78 is 49.9. The van der Waals surface area contributed by atoms with Crippen molar-refractivity contribution in [3.05, 3.63) is 28.8 Å². The molecule has 1 N–H and O–H groups in total. The summed E-state index contributed by atoms with van der Waals surface area (Å²) in [5.74, 6) is 0.212. The number of thiazole rings is 1. The smallest absolute Gasteiger partial charge is 0.434 e. The lowest BCUT2D eigenvalue weighted by atomic mass is 9.98. The Morgan fingerprint density at radius 1 is 1.21 bits per heavy atom. The lowest BCUT2D eigenvalue weighted by molar-refractivity contribution is -0.140. The first-order valence-electron chi connectivity index (χ1n) is 12.9. The lowest BCUT2D eigenvalue weighted by Gasteiger charge is -2.22. The van der Waals surface area contributed by atoms with Gasteiger partial charge >= 0.3 is 12.3 Å². The molecule has 4 heterocycles. The Labute approximate surface area is 224 Å². The van der Waals surface area contributed by atoms with Crippen LogP contribution in [0.4, 0.5) is 23.1 Å². The molecule has 0 bridgehead atoms. The van der Waals surface area contributed by atoms with Gasteiger partial charge in [0.15, 0.2) is 16.5 Å². The number of hydrogen-bond acceptors (Lipinski definition) is 7. The van der Waals surface area contributed by atoms with Gasteiger partial charge in [0.05, 0.1) is 22.2 Å². The van der Waals surface area contributed by atoms with Gasteiger partial charge in [0.25, 0.3) is 0 Å². The molecule has 1 amide bonds. The fraction of sp³-hybridized carbons (Fsp3) is 0.615. The van der Waals surface area contributed by atoms with Crippen LogP contribution in [0.2, 0.25) is 0 Å². The second-order valence-corrected chi connectivity index (χ2v) is 11.8. The molecule has 208 valence electrons. The van der Waals surface area contributed by atoms with Crippen molar-refractivity contribution in [1.29, 1.82) is 0 Å². The van der Waals surface area contributed by atoms with Gasteiger partial charge in [-0.25, -0.2) is 19.3 Å². The van der Waals surface area contributed by atoms with Crippen molar-refractivity contribution in [2.45, 2.75) is 91.5 Å². The number of rotatable bonds is 6. The Bertz CT molecular complexity index is 1320. The predicted octanol–water partition coefficient (Wildman–Crippen LogP) is 6.50. The number of hydrogen-bond donors (Lipinski definition) is 1. The Kier molecular flexibility index (Phi) is 7.66. The van der Waals surface area contributed by atoms with Crippen molar-refractivity contribution in [3.8, 4) is 10.4 Å². The molecular weight excluding hydrogens is 517 g/mol. The van der Waals surface area contributed by atoms with Crippen LogP contribution in [-0.4, -0.2) is 50.4 Å². The molecule has 1 aliphatic rings. The first-order chi connectivity index (χ1) is 17.7. The standard InChI is InChI=1S/C26H35F3N6O2S/c1-8-16(9-2)18-12-14(3)30-22-19(15(4)33-35(18)22)20-21(26(27,28)29)32-23(38-20)34-11-10-17(13-34)31-24(36)37-25(5,6)7/h12,16-17H,8-11,13H2,1-7H3,(H,31,36)/t17-/m0/s1. The Hall–Kier alpha value is -2.89. The Balaban J connectivity index is 1.72. The Morgan fingerprint density at radius 3 is 2.50 bits per heavy atom. The zero-order valence-electron chi connectivity index (χ0n) is 22.9. The number of alkyl carbamates (subject to hydrolysis) is 1. The molecule has 3 aromatic heterocycles. The highest BCUT2D eigenvalue weighted by molar-refractivity contribution is 7.19. The number of halogens is 3. The molecule has 0 saturated carbocycles. The average molecular weight is 553 g/mol. The van der Waals surface area contributed by atoms with E-state index in [1.807, 2.05) is 13.0 Å². The number of aryl methyl sites for hydroxylation is 2. The van der Waals surface area contributed by atoms with Crippen LogP contribution in [0.1, 0.15) is 82.6 Å². The number of fused-ring (bicyclic) bond motifs is 1. The van der Waals surface area contributed by atoms with Crippen molar-refractivity contribution < 1.29 is 22.7 Å². The summed E-state index contributed by atoms with van der Waals surface area (Å²) in [5.41, 5.74) is 1.35. The van der Waals surface area contributed by atoms with E-state index in [4.69, 9.17) is 4.74 Å². The molecule has 0 spiro atoms. The predicted molar refractivity (Wildman–Crippen MR) is 142 cm³/mol. The molecule has 4 rings (SSSR count). The van der Waals surface area contributed by atoms with Crippen molar-refractivity contribution >= 4 is 28.2 Å². The van der Waals surface area contributed by atoms with E-state index in [0.717, 1.165) is 35.6 Å². The van der Waals surface area contributed by atoms with Crippen LogP contribution in [-0.2, 0) is 10.9 Å². The van der Waals surface area contributed by atoms with Gasteiger partial charge in [-0.15, -0.1) is 0 Å². The van der Waals surface area contributed by atoms with Crippen LogP contribution < -0.4 is 10.2 Å².